The third kappa shape index (κ3) is 7.24. The summed E-state index contributed by atoms with van der Waals surface area (Å²) in [5.41, 5.74) is 8.56. The highest BCUT2D eigenvalue weighted by molar-refractivity contribution is 6.11. The summed E-state index contributed by atoms with van der Waals surface area (Å²) in [7, 11) is 0. The summed E-state index contributed by atoms with van der Waals surface area (Å²) in [5.74, 6) is 5.92. The van der Waals surface area contributed by atoms with Crippen LogP contribution in [0, 0.1) is 11.8 Å². The summed E-state index contributed by atoms with van der Waals surface area (Å²) in [6.07, 6.45) is 21.7. The quantitative estimate of drug-likeness (QED) is 0.107. The van der Waals surface area contributed by atoms with Gasteiger partial charge in [-0.25, -0.2) is 0 Å². The SMILES string of the molecule is CC#C/C=C\C(=C/C)N(C1=CCC=CC=C1)c1ccc(/C=c2/o/c(=N\c3ccccc3C(=O)c3ccccc3)n(CC)c2=C2CC2)cc1. The van der Waals surface area contributed by atoms with Crippen LogP contribution in [0.2, 0.25) is 0 Å². The highest BCUT2D eigenvalue weighted by atomic mass is 16.3. The van der Waals surface area contributed by atoms with Crippen molar-refractivity contribution in [3.63, 3.8) is 0 Å². The number of aromatic nitrogens is 1. The Morgan fingerprint density at radius 2 is 1.77 bits per heavy atom. The van der Waals surface area contributed by atoms with Crippen molar-refractivity contribution < 1.29 is 9.21 Å². The van der Waals surface area contributed by atoms with Gasteiger partial charge in [-0.2, -0.15) is 4.99 Å². The first-order chi connectivity index (χ1) is 23.6. The van der Waals surface area contributed by atoms with Gasteiger partial charge in [-0.1, -0.05) is 90.9 Å². The molecule has 4 aromatic rings. The van der Waals surface area contributed by atoms with E-state index in [9.17, 15) is 4.79 Å². The number of rotatable bonds is 9. The van der Waals surface area contributed by atoms with Crippen LogP contribution in [0.25, 0.3) is 11.6 Å². The van der Waals surface area contributed by atoms with Gasteiger partial charge in [0, 0.05) is 34.8 Å². The second-order valence-electron chi connectivity index (χ2n) is 11.4. The molecule has 0 saturated heterocycles. The van der Waals surface area contributed by atoms with Gasteiger partial charge >= 0.3 is 5.68 Å². The van der Waals surface area contributed by atoms with E-state index in [0.29, 0.717) is 29.0 Å². The molecular formula is C43H39N3O2. The molecular weight excluding hydrogens is 590 g/mol. The summed E-state index contributed by atoms with van der Waals surface area (Å²) in [6, 6.07) is 25.3. The molecule has 2 aliphatic carbocycles. The number of carbonyl (C=O) groups excluding carboxylic acids is 1. The molecule has 0 spiro atoms. The number of benzene rings is 3. The average Bonchev–Trinajstić information content (AvgIpc) is 3.95. The van der Waals surface area contributed by atoms with Crippen LogP contribution in [0.3, 0.4) is 0 Å². The van der Waals surface area contributed by atoms with E-state index >= 15 is 0 Å². The topological polar surface area (TPSA) is 50.7 Å². The van der Waals surface area contributed by atoms with Gasteiger partial charge in [0.05, 0.1) is 11.0 Å². The Morgan fingerprint density at radius 3 is 2.50 bits per heavy atom. The molecule has 0 atom stereocenters. The van der Waals surface area contributed by atoms with E-state index in [1.54, 1.807) is 0 Å². The maximum atomic E-state index is 13.4. The molecule has 0 bridgehead atoms. The Labute approximate surface area is 282 Å². The van der Waals surface area contributed by atoms with Gasteiger partial charge in [0.15, 0.2) is 11.2 Å². The number of nitrogens with zero attached hydrogens (tertiary/aromatic N) is 3. The fraction of sp³-hybridized carbons (Fsp3) is 0.163. The maximum Gasteiger partial charge on any atom is 0.302 e. The number of hydrogen-bond acceptors (Lipinski definition) is 4. The van der Waals surface area contributed by atoms with Gasteiger partial charge in [0.25, 0.3) is 0 Å². The number of ketones is 1. The molecule has 1 aromatic heterocycles. The predicted octanol–water partition coefficient (Wildman–Crippen LogP) is 8.03. The molecule has 5 nitrogen and oxygen atoms in total. The molecule has 1 fully saturated rings. The molecule has 0 radical (unpaired) electrons. The van der Waals surface area contributed by atoms with E-state index in [-0.39, 0.29) is 5.78 Å². The minimum atomic E-state index is -0.0662. The number of anilines is 1. The molecule has 2 aliphatic rings. The Morgan fingerprint density at radius 1 is 1.00 bits per heavy atom. The lowest BCUT2D eigenvalue weighted by molar-refractivity contribution is 0.103. The smallest absolute Gasteiger partial charge is 0.302 e. The van der Waals surface area contributed by atoms with Crippen LogP contribution in [0.1, 0.15) is 61.5 Å². The zero-order chi connectivity index (χ0) is 33.3. The first kappa shape index (κ1) is 32.1. The summed E-state index contributed by atoms with van der Waals surface area (Å²) in [6.45, 7) is 6.67. The van der Waals surface area contributed by atoms with Crippen LogP contribution < -0.4 is 21.3 Å². The highest BCUT2D eigenvalue weighted by Gasteiger charge is 2.19. The minimum absolute atomic E-state index is 0.0662. The zero-order valence-corrected chi connectivity index (χ0v) is 27.7. The number of oxazole rings is 1. The van der Waals surface area contributed by atoms with E-state index in [1.807, 2.05) is 80.6 Å². The van der Waals surface area contributed by atoms with E-state index < -0.39 is 0 Å². The number of carbonyl (C=O) groups is 1. The number of para-hydroxylation sites is 1. The van der Waals surface area contributed by atoms with Gasteiger partial charge in [0.2, 0.25) is 0 Å². The average molecular weight is 630 g/mol. The van der Waals surface area contributed by atoms with E-state index in [1.165, 1.54) is 5.57 Å². The van der Waals surface area contributed by atoms with Gasteiger partial charge in [-0.15, -0.1) is 5.92 Å². The van der Waals surface area contributed by atoms with Crippen LogP contribution in [0.5, 0.6) is 0 Å². The van der Waals surface area contributed by atoms with E-state index in [0.717, 1.165) is 52.7 Å². The summed E-state index contributed by atoms with van der Waals surface area (Å²) >= 11 is 0. The summed E-state index contributed by atoms with van der Waals surface area (Å²) < 4.78 is 8.65. The van der Waals surface area contributed by atoms with Crippen LogP contribution in [-0.4, -0.2) is 10.4 Å². The van der Waals surface area contributed by atoms with Gasteiger partial charge in [-0.3, -0.25) is 9.36 Å². The van der Waals surface area contributed by atoms with E-state index in [2.05, 4.69) is 95.0 Å². The third-order valence-corrected chi connectivity index (χ3v) is 8.21. The van der Waals surface area contributed by atoms with Crippen molar-refractivity contribution in [1.82, 2.24) is 4.57 Å². The van der Waals surface area contributed by atoms with Crippen LogP contribution in [0.15, 0.2) is 148 Å². The lowest BCUT2D eigenvalue weighted by atomic mass is 10.0. The Balaban J connectivity index is 1.42. The third-order valence-electron chi connectivity index (χ3n) is 8.21. The Bertz CT molecular complexity index is 2220. The standard InChI is InChI=1S/C43H39N3O2/c1-4-7-11-20-35(5-2)46(36-21-14-8-9-15-22-36)37-29-25-32(26-30-37)31-40-41(33-27-28-33)45(6-3)43(48-40)44-39-24-17-16-23-38(39)42(47)34-18-12-10-13-19-34/h5,8-14,16-26,29-31H,6,15,27-28H2,1-3H3/b20-11-,35-5+,40-31+,44-43-. The van der Waals surface area contributed by atoms with Crippen molar-refractivity contribution >= 4 is 28.8 Å². The molecule has 0 N–H and O–H groups in total. The lowest BCUT2D eigenvalue weighted by Gasteiger charge is -2.27. The number of allylic oxidation sites excluding steroid dienone is 8. The normalized spacial score (nSPS) is 14.9. The van der Waals surface area contributed by atoms with Crippen molar-refractivity contribution in [3.05, 3.63) is 172 Å². The second-order valence-corrected chi connectivity index (χ2v) is 11.4. The van der Waals surface area contributed by atoms with Crippen molar-refractivity contribution in [2.24, 2.45) is 4.99 Å². The molecule has 48 heavy (non-hydrogen) atoms. The molecule has 0 amide bonds. The first-order valence-electron chi connectivity index (χ1n) is 16.5. The highest BCUT2D eigenvalue weighted by Crippen LogP contribution is 2.29. The predicted molar refractivity (Wildman–Crippen MR) is 196 cm³/mol. The molecule has 1 saturated carbocycles. The summed E-state index contributed by atoms with van der Waals surface area (Å²) in [4.78, 5) is 20.6. The molecule has 238 valence electrons. The Kier molecular flexibility index (Phi) is 10.1. The molecule has 6 rings (SSSR count). The van der Waals surface area contributed by atoms with Crippen LogP contribution in [-0.2, 0) is 6.54 Å². The Hall–Kier alpha value is -5.86. The monoisotopic (exact) mass is 629 g/mol. The first-order valence-corrected chi connectivity index (χ1v) is 16.5. The van der Waals surface area contributed by atoms with Crippen molar-refractivity contribution in [2.75, 3.05) is 4.90 Å². The van der Waals surface area contributed by atoms with Crippen molar-refractivity contribution in [1.29, 1.82) is 0 Å². The van der Waals surface area contributed by atoms with Gasteiger partial charge in [-0.05, 0) is 99.7 Å². The molecule has 0 unspecified atom stereocenters. The molecule has 3 aromatic carbocycles. The van der Waals surface area contributed by atoms with Gasteiger partial charge < -0.3 is 9.32 Å². The molecule has 1 heterocycles. The maximum absolute atomic E-state index is 13.4. The summed E-state index contributed by atoms with van der Waals surface area (Å²) in [5, 5.41) is 1.08. The van der Waals surface area contributed by atoms with E-state index in [4.69, 9.17) is 9.41 Å². The van der Waals surface area contributed by atoms with Crippen LogP contribution >= 0.6 is 0 Å². The fourth-order valence-corrected chi connectivity index (χ4v) is 5.74. The fourth-order valence-electron chi connectivity index (χ4n) is 5.74. The van der Waals surface area contributed by atoms with Crippen molar-refractivity contribution in [2.45, 2.75) is 46.6 Å². The lowest BCUT2D eigenvalue weighted by Crippen LogP contribution is -2.32. The molecule has 5 heteroatoms. The molecule has 0 aliphatic heterocycles. The van der Waals surface area contributed by atoms with Crippen LogP contribution in [0.4, 0.5) is 11.4 Å². The second kappa shape index (κ2) is 15.2. The number of hydrogen-bond donors (Lipinski definition) is 0. The minimum Gasteiger partial charge on any atom is -0.423 e. The van der Waals surface area contributed by atoms with Crippen molar-refractivity contribution in [3.8, 4) is 11.8 Å². The van der Waals surface area contributed by atoms with Gasteiger partial charge in [0.1, 0.15) is 0 Å². The largest absolute Gasteiger partial charge is 0.423 e. The zero-order valence-electron chi connectivity index (χ0n) is 27.7.